The van der Waals surface area contributed by atoms with Crippen LogP contribution in [0.15, 0.2) is 29.6 Å². The number of nitrogens with zero attached hydrogens (tertiary/aromatic N) is 2. The van der Waals surface area contributed by atoms with Crippen LogP contribution >= 0.6 is 11.3 Å². The van der Waals surface area contributed by atoms with Gasteiger partial charge in [-0.25, -0.2) is 4.98 Å². The number of pyridine rings is 1. The van der Waals surface area contributed by atoms with Gasteiger partial charge in [0.25, 0.3) is 0 Å². The summed E-state index contributed by atoms with van der Waals surface area (Å²) < 4.78 is 0. The summed E-state index contributed by atoms with van der Waals surface area (Å²) in [6.07, 6.45) is 2.44. The fourth-order valence-electron chi connectivity index (χ4n) is 2.31. The van der Waals surface area contributed by atoms with Gasteiger partial charge in [0.1, 0.15) is 11.7 Å². The van der Waals surface area contributed by atoms with Crippen molar-refractivity contribution < 1.29 is 0 Å². The first-order chi connectivity index (χ1) is 9.63. The highest BCUT2D eigenvalue weighted by Crippen LogP contribution is 2.33. The third-order valence-corrected chi connectivity index (χ3v) is 4.30. The Morgan fingerprint density at radius 2 is 2.30 bits per heavy atom. The molecule has 0 radical (unpaired) electrons. The summed E-state index contributed by atoms with van der Waals surface area (Å²) in [4.78, 5) is 8.31. The van der Waals surface area contributed by atoms with E-state index in [9.17, 15) is 0 Å². The van der Waals surface area contributed by atoms with E-state index in [2.05, 4.69) is 27.4 Å². The molecule has 1 aliphatic carbocycles. The summed E-state index contributed by atoms with van der Waals surface area (Å²) in [5.41, 5.74) is 7.28. The maximum absolute atomic E-state index is 7.62. The molecule has 5 heteroatoms. The quantitative estimate of drug-likeness (QED) is 0.656. The molecule has 0 atom stereocenters. The van der Waals surface area contributed by atoms with Crippen molar-refractivity contribution in [1.29, 1.82) is 5.41 Å². The van der Waals surface area contributed by atoms with E-state index in [0.717, 1.165) is 23.6 Å². The van der Waals surface area contributed by atoms with Gasteiger partial charge < -0.3 is 10.6 Å². The van der Waals surface area contributed by atoms with Crippen LogP contribution in [0.1, 0.15) is 29.0 Å². The van der Waals surface area contributed by atoms with Crippen LogP contribution in [0.5, 0.6) is 0 Å². The largest absolute Gasteiger partial charge is 0.384 e. The predicted octanol–water partition coefficient (Wildman–Crippen LogP) is 2.90. The van der Waals surface area contributed by atoms with Crippen molar-refractivity contribution in [3.05, 3.63) is 45.8 Å². The Morgan fingerprint density at radius 3 is 2.90 bits per heavy atom. The SMILES string of the molecule is Cc1cc(C(=N)N)cc(N(Cc2cccs2)C2CC2)n1. The summed E-state index contributed by atoms with van der Waals surface area (Å²) in [6, 6.07) is 8.60. The van der Waals surface area contributed by atoms with E-state index in [1.54, 1.807) is 11.3 Å². The highest BCUT2D eigenvalue weighted by molar-refractivity contribution is 7.09. The van der Waals surface area contributed by atoms with Gasteiger partial charge in [0, 0.05) is 22.2 Å². The molecule has 3 rings (SSSR count). The number of aryl methyl sites for hydroxylation is 1. The van der Waals surface area contributed by atoms with Gasteiger partial charge in [0.15, 0.2) is 0 Å². The minimum absolute atomic E-state index is 0.101. The monoisotopic (exact) mass is 286 g/mol. The number of nitrogens with one attached hydrogen (secondary N) is 1. The van der Waals surface area contributed by atoms with E-state index in [-0.39, 0.29) is 5.84 Å². The summed E-state index contributed by atoms with van der Waals surface area (Å²) in [5, 5.41) is 9.72. The number of nitrogen functional groups attached to an aromatic ring is 1. The average molecular weight is 286 g/mol. The highest BCUT2D eigenvalue weighted by Gasteiger charge is 2.30. The number of rotatable bonds is 5. The van der Waals surface area contributed by atoms with E-state index in [0.29, 0.717) is 6.04 Å². The minimum Gasteiger partial charge on any atom is -0.384 e. The molecule has 0 aliphatic heterocycles. The van der Waals surface area contributed by atoms with Crippen molar-refractivity contribution in [3.63, 3.8) is 0 Å². The third-order valence-electron chi connectivity index (χ3n) is 3.44. The highest BCUT2D eigenvalue weighted by atomic mass is 32.1. The number of thiophene rings is 1. The Balaban J connectivity index is 1.93. The Hall–Kier alpha value is -1.88. The Labute approximate surface area is 122 Å². The van der Waals surface area contributed by atoms with Crippen molar-refractivity contribution in [2.24, 2.45) is 5.73 Å². The normalized spacial score (nSPS) is 14.2. The molecule has 4 nitrogen and oxygen atoms in total. The topological polar surface area (TPSA) is 66.0 Å². The van der Waals surface area contributed by atoms with Crippen LogP contribution < -0.4 is 10.6 Å². The second-order valence-electron chi connectivity index (χ2n) is 5.21. The molecule has 1 fully saturated rings. The molecule has 0 aromatic carbocycles. The number of anilines is 1. The zero-order valence-electron chi connectivity index (χ0n) is 11.5. The second kappa shape index (κ2) is 5.25. The molecule has 0 unspecified atom stereocenters. The number of hydrogen-bond donors (Lipinski definition) is 2. The van der Waals surface area contributed by atoms with Gasteiger partial charge in [-0.3, -0.25) is 5.41 Å². The summed E-state index contributed by atoms with van der Waals surface area (Å²) in [7, 11) is 0. The van der Waals surface area contributed by atoms with Crippen molar-refractivity contribution in [1.82, 2.24) is 4.98 Å². The number of aromatic nitrogens is 1. The van der Waals surface area contributed by atoms with Crippen LogP contribution in [-0.4, -0.2) is 16.9 Å². The number of nitrogens with two attached hydrogens (primary N) is 1. The van der Waals surface area contributed by atoms with Crippen LogP contribution in [0.2, 0.25) is 0 Å². The van der Waals surface area contributed by atoms with E-state index in [4.69, 9.17) is 11.1 Å². The first-order valence-electron chi connectivity index (χ1n) is 6.75. The van der Waals surface area contributed by atoms with Crippen molar-refractivity contribution >= 4 is 23.0 Å². The van der Waals surface area contributed by atoms with Gasteiger partial charge in [-0.05, 0) is 43.3 Å². The smallest absolute Gasteiger partial charge is 0.130 e. The summed E-state index contributed by atoms with van der Waals surface area (Å²) in [6.45, 7) is 2.84. The first-order valence-corrected chi connectivity index (χ1v) is 7.63. The van der Waals surface area contributed by atoms with Crippen LogP contribution in [0.25, 0.3) is 0 Å². The fraction of sp³-hybridized carbons (Fsp3) is 0.333. The number of amidine groups is 1. The lowest BCUT2D eigenvalue weighted by atomic mass is 10.2. The van der Waals surface area contributed by atoms with Gasteiger partial charge >= 0.3 is 0 Å². The Bertz CT molecular complexity index is 617. The van der Waals surface area contributed by atoms with Gasteiger partial charge in [0.05, 0.1) is 6.54 Å². The van der Waals surface area contributed by atoms with Crippen molar-refractivity contribution in [2.45, 2.75) is 32.4 Å². The predicted molar refractivity (Wildman–Crippen MR) is 83.5 cm³/mol. The lowest BCUT2D eigenvalue weighted by molar-refractivity contribution is 0.783. The van der Waals surface area contributed by atoms with Gasteiger partial charge in [-0.1, -0.05) is 6.07 Å². The molecule has 3 N–H and O–H groups in total. The summed E-state index contributed by atoms with van der Waals surface area (Å²) in [5.74, 6) is 1.04. The first kappa shape index (κ1) is 13.1. The maximum atomic E-state index is 7.62. The lowest BCUT2D eigenvalue weighted by Crippen LogP contribution is -2.26. The molecule has 104 valence electrons. The molecule has 2 heterocycles. The Kier molecular flexibility index (Phi) is 3.44. The van der Waals surface area contributed by atoms with E-state index in [1.807, 2.05) is 19.1 Å². The molecule has 0 spiro atoms. The maximum Gasteiger partial charge on any atom is 0.130 e. The molecule has 0 amide bonds. The van der Waals surface area contributed by atoms with E-state index in [1.165, 1.54) is 17.7 Å². The molecular formula is C15H18N4S. The molecule has 1 saturated carbocycles. The van der Waals surface area contributed by atoms with E-state index >= 15 is 0 Å². The number of hydrogen-bond acceptors (Lipinski definition) is 4. The third kappa shape index (κ3) is 2.82. The zero-order valence-corrected chi connectivity index (χ0v) is 12.3. The van der Waals surface area contributed by atoms with Gasteiger partial charge in [0.2, 0.25) is 0 Å². The molecule has 2 aromatic heterocycles. The van der Waals surface area contributed by atoms with Crippen LogP contribution in [0.3, 0.4) is 0 Å². The Morgan fingerprint density at radius 1 is 1.50 bits per heavy atom. The van der Waals surface area contributed by atoms with Crippen LogP contribution in [0, 0.1) is 12.3 Å². The lowest BCUT2D eigenvalue weighted by Gasteiger charge is -2.24. The second-order valence-corrected chi connectivity index (χ2v) is 6.24. The van der Waals surface area contributed by atoms with Crippen molar-refractivity contribution in [3.8, 4) is 0 Å². The van der Waals surface area contributed by atoms with Gasteiger partial charge in [-0.15, -0.1) is 11.3 Å². The minimum atomic E-state index is 0.101. The average Bonchev–Trinajstić information content (AvgIpc) is 3.12. The molecular weight excluding hydrogens is 268 g/mol. The van der Waals surface area contributed by atoms with Crippen molar-refractivity contribution in [2.75, 3.05) is 4.90 Å². The molecule has 2 aromatic rings. The summed E-state index contributed by atoms with van der Waals surface area (Å²) >= 11 is 1.77. The molecule has 1 aliphatic rings. The fourth-order valence-corrected chi connectivity index (χ4v) is 3.01. The van der Waals surface area contributed by atoms with Crippen LogP contribution in [-0.2, 0) is 6.54 Å². The van der Waals surface area contributed by atoms with Gasteiger partial charge in [-0.2, -0.15) is 0 Å². The van der Waals surface area contributed by atoms with E-state index < -0.39 is 0 Å². The molecule has 0 bridgehead atoms. The van der Waals surface area contributed by atoms with Crippen LogP contribution in [0.4, 0.5) is 5.82 Å². The molecule has 0 saturated heterocycles. The standard InChI is InChI=1S/C15H18N4S/c1-10-7-11(15(16)17)8-14(18-10)19(12-4-5-12)9-13-3-2-6-20-13/h2-3,6-8,12H,4-5,9H2,1H3,(H3,16,17). The zero-order chi connectivity index (χ0) is 14.1. The molecule has 20 heavy (non-hydrogen) atoms.